The smallest absolute Gasteiger partial charge is 0.405 e. The number of piperazine rings is 2. The molecule has 5 aliphatic rings. The average molecular weight is 819 g/mol. The highest BCUT2D eigenvalue weighted by atomic mass is 19.4. The molecule has 2 aromatic carbocycles. The third kappa shape index (κ3) is 8.50. The number of para-hydroxylation sites is 1. The van der Waals surface area contributed by atoms with Crippen molar-refractivity contribution in [1.29, 1.82) is 0 Å². The number of aldehydes is 1. The molecule has 314 valence electrons. The van der Waals surface area contributed by atoms with Gasteiger partial charge in [0.15, 0.2) is 5.82 Å². The zero-order valence-electron chi connectivity index (χ0n) is 32.9. The van der Waals surface area contributed by atoms with Crippen LogP contribution in [0.25, 0.3) is 11.3 Å². The Balaban J connectivity index is 0.847. The number of aromatic hydroxyl groups is 1. The summed E-state index contributed by atoms with van der Waals surface area (Å²) in [6.45, 7) is 3.44. The summed E-state index contributed by atoms with van der Waals surface area (Å²) in [6.07, 6.45) is -1.68. The zero-order valence-corrected chi connectivity index (χ0v) is 32.9. The molecular formula is C41H49F3N10O5. The Kier molecular flexibility index (Phi) is 11.4. The van der Waals surface area contributed by atoms with Crippen LogP contribution in [0.1, 0.15) is 41.6 Å². The van der Waals surface area contributed by atoms with Gasteiger partial charge in [-0.05, 0) is 68.1 Å². The van der Waals surface area contributed by atoms with E-state index in [2.05, 4.69) is 30.6 Å². The van der Waals surface area contributed by atoms with Crippen molar-refractivity contribution in [1.82, 2.24) is 35.1 Å². The number of amides is 4. The van der Waals surface area contributed by atoms with E-state index < -0.39 is 24.8 Å². The molecule has 0 saturated carbocycles. The molecule has 59 heavy (non-hydrogen) atoms. The quantitative estimate of drug-likeness (QED) is 0.225. The molecule has 0 bridgehead atoms. The first-order chi connectivity index (χ1) is 28.4. The van der Waals surface area contributed by atoms with Gasteiger partial charge < -0.3 is 30.0 Å². The molecule has 1 aromatic heterocycles. The summed E-state index contributed by atoms with van der Waals surface area (Å²) >= 11 is 0. The van der Waals surface area contributed by atoms with Crippen LogP contribution < -0.4 is 20.4 Å². The highest BCUT2D eigenvalue weighted by Gasteiger charge is 2.48. The summed E-state index contributed by atoms with van der Waals surface area (Å²) in [5.41, 5.74) is 3.98. The number of carbonyl (C=O) groups is 4. The molecule has 3 aromatic rings. The van der Waals surface area contributed by atoms with Crippen LogP contribution in [0.3, 0.4) is 0 Å². The topological polar surface area (TPSA) is 158 Å². The van der Waals surface area contributed by atoms with Crippen molar-refractivity contribution in [3.05, 3.63) is 59.7 Å². The molecule has 0 radical (unpaired) electrons. The molecule has 2 unspecified atom stereocenters. The predicted molar refractivity (Wildman–Crippen MR) is 213 cm³/mol. The van der Waals surface area contributed by atoms with Gasteiger partial charge in [-0.1, -0.05) is 18.2 Å². The van der Waals surface area contributed by atoms with Crippen LogP contribution in [0.2, 0.25) is 0 Å². The molecule has 4 saturated heterocycles. The number of aromatic nitrogens is 2. The van der Waals surface area contributed by atoms with Crippen LogP contribution in [0.4, 0.5) is 35.2 Å². The van der Waals surface area contributed by atoms with Crippen molar-refractivity contribution in [3.63, 3.8) is 0 Å². The number of halogens is 3. The summed E-state index contributed by atoms with van der Waals surface area (Å²) in [5, 5.41) is 24.6. The van der Waals surface area contributed by atoms with Crippen LogP contribution in [-0.4, -0.2) is 156 Å². The Morgan fingerprint density at radius 2 is 1.73 bits per heavy atom. The van der Waals surface area contributed by atoms with Crippen LogP contribution in [0.5, 0.6) is 5.75 Å². The van der Waals surface area contributed by atoms with E-state index in [-0.39, 0.29) is 61.6 Å². The minimum atomic E-state index is -4.51. The van der Waals surface area contributed by atoms with Gasteiger partial charge in [-0.25, -0.2) is 4.79 Å². The second kappa shape index (κ2) is 16.6. The number of hydrogen-bond donors (Lipinski definition) is 3. The molecule has 3 atom stereocenters. The van der Waals surface area contributed by atoms with Crippen LogP contribution in [0.15, 0.2) is 48.5 Å². The van der Waals surface area contributed by atoms with E-state index in [0.717, 1.165) is 23.2 Å². The van der Waals surface area contributed by atoms with E-state index in [1.807, 2.05) is 29.2 Å². The largest absolute Gasteiger partial charge is 0.507 e. The lowest BCUT2D eigenvalue weighted by atomic mass is 9.94. The van der Waals surface area contributed by atoms with E-state index in [9.17, 15) is 37.5 Å². The maximum absolute atomic E-state index is 14.7. The molecule has 6 heterocycles. The second-order valence-electron chi connectivity index (χ2n) is 16.2. The lowest BCUT2D eigenvalue weighted by Crippen LogP contribution is -2.65. The molecule has 4 amide bonds. The highest BCUT2D eigenvalue weighted by Crippen LogP contribution is 2.37. The van der Waals surface area contributed by atoms with Gasteiger partial charge in [0.25, 0.3) is 0 Å². The number of nitrogens with one attached hydrogen (secondary N) is 2. The number of phenols is 1. The first kappa shape index (κ1) is 40.3. The predicted octanol–water partition coefficient (Wildman–Crippen LogP) is 3.40. The minimum absolute atomic E-state index is 0.0381. The number of benzene rings is 2. The number of rotatable bonds is 8. The van der Waals surface area contributed by atoms with E-state index in [1.54, 1.807) is 36.2 Å². The van der Waals surface area contributed by atoms with Gasteiger partial charge >= 0.3 is 12.2 Å². The van der Waals surface area contributed by atoms with Crippen molar-refractivity contribution >= 4 is 41.3 Å². The number of urea groups is 1. The molecular weight excluding hydrogens is 770 g/mol. The Hall–Kier alpha value is -5.49. The number of likely N-dealkylation sites (N-methyl/N-ethyl adjacent to an activating group) is 1. The molecule has 8 rings (SSSR count). The fourth-order valence-corrected chi connectivity index (χ4v) is 9.23. The summed E-state index contributed by atoms with van der Waals surface area (Å²) in [7, 11) is 1.79. The minimum Gasteiger partial charge on any atom is -0.507 e. The van der Waals surface area contributed by atoms with Crippen LogP contribution >= 0.6 is 0 Å². The van der Waals surface area contributed by atoms with Gasteiger partial charge in [-0.2, -0.15) is 13.2 Å². The normalized spacial score (nSPS) is 23.1. The lowest BCUT2D eigenvalue weighted by molar-refractivity contribution is -0.196. The standard InChI is InChI=1S/C41H49F3N10O5/c1-49(33-8-9-37(57)46-39(33)58)22-27-6-7-29(18-28(27)25-55)50-12-10-26(11-13-50)21-51-14-15-53(24-36(51)41(42,43)44)40(59)52-16-17-54-30(23-52)20-45-38-34(54)19-32(47-48-38)31-4-2-3-5-35(31)56/h2-7,18-19,25-26,30,33,36,56H,8-17,20-24H2,1H3,(H,45,48)(H,46,57,58)/t30-,33?,36?/m0/s1. The van der Waals surface area contributed by atoms with Gasteiger partial charge in [0, 0.05) is 95.2 Å². The van der Waals surface area contributed by atoms with Crippen molar-refractivity contribution in [2.45, 2.75) is 56.5 Å². The molecule has 0 spiro atoms. The number of anilines is 3. The number of fused-ring (bicyclic) bond motifs is 3. The average Bonchev–Trinajstić information content (AvgIpc) is 3.23. The summed E-state index contributed by atoms with van der Waals surface area (Å²) < 4.78 is 44.0. The fraction of sp³-hybridized carbons (Fsp3) is 0.512. The lowest BCUT2D eigenvalue weighted by Gasteiger charge is -2.48. The van der Waals surface area contributed by atoms with Crippen molar-refractivity contribution < 1.29 is 37.5 Å². The van der Waals surface area contributed by atoms with E-state index in [4.69, 9.17) is 0 Å². The van der Waals surface area contributed by atoms with Gasteiger partial charge in [-0.15, -0.1) is 10.2 Å². The number of alkyl halides is 3. The van der Waals surface area contributed by atoms with Gasteiger partial charge in [0.1, 0.15) is 18.1 Å². The van der Waals surface area contributed by atoms with Gasteiger partial charge in [0.05, 0.1) is 23.5 Å². The third-order valence-electron chi connectivity index (χ3n) is 12.6. The fourth-order valence-electron chi connectivity index (χ4n) is 9.23. The number of nitrogens with zero attached hydrogens (tertiary/aromatic N) is 8. The summed E-state index contributed by atoms with van der Waals surface area (Å²) in [6, 6.07) is 11.6. The third-order valence-corrected chi connectivity index (χ3v) is 12.6. The number of phenolic OH excluding ortho intramolecular Hbond substituents is 1. The van der Waals surface area contributed by atoms with Crippen molar-refractivity contribution in [3.8, 4) is 17.0 Å². The maximum Gasteiger partial charge on any atom is 0.405 e. The maximum atomic E-state index is 14.7. The molecule has 18 heteroatoms. The first-order valence-corrected chi connectivity index (χ1v) is 20.2. The number of piperidine rings is 2. The van der Waals surface area contributed by atoms with Crippen LogP contribution in [-0.2, 0) is 16.1 Å². The monoisotopic (exact) mass is 818 g/mol. The van der Waals surface area contributed by atoms with E-state index in [0.29, 0.717) is 87.7 Å². The Morgan fingerprint density at radius 3 is 2.47 bits per heavy atom. The zero-order chi connectivity index (χ0) is 41.4. The molecule has 5 aliphatic heterocycles. The number of hydrogen-bond acceptors (Lipinski definition) is 12. The summed E-state index contributed by atoms with van der Waals surface area (Å²) in [4.78, 5) is 60.5. The SMILES string of the molecule is CN(Cc1ccc(N2CCC(CN3CCN(C(=O)N4CCN5c6cc(-c7ccccc7O)nnc6NC[C@H]5C4)CC3C(F)(F)F)CC2)cc1C=O)C1CCC(=O)NC1=O. The number of carbonyl (C=O) groups excluding carboxylic acids is 4. The van der Waals surface area contributed by atoms with Crippen LogP contribution in [0, 0.1) is 5.92 Å². The molecule has 3 N–H and O–H groups in total. The Bertz CT molecular complexity index is 2080. The van der Waals surface area contributed by atoms with Crippen molar-refractivity contribution in [2.75, 3.05) is 87.6 Å². The van der Waals surface area contributed by atoms with Gasteiger partial charge in [0.2, 0.25) is 11.8 Å². The van der Waals surface area contributed by atoms with E-state index >= 15 is 0 Å². The second-order valence-corrected chi connectivity index (χ2v) is 16.2. The summed E-state index contributed by atoms with van der Waals surface area (Å²) in [5.74, 6) is 0.0986. The molecule has 15 nitrogen and oxygen atoms in total. The first-order valence-electron chi connectivity index (χ1n) is 20.2. The highest BCUT2D eigenvalue weighted by molar-refractivity contribution is 6.00. The van der Waals surface area contributed by atoms with Gasteiger partial charge in [-0.3, -0.25) is 29.5 Å². The number of imide groups is 1. The van der Waals surface area contributed by atoms with E-state index in [1.165, 1.54) is 9.80 Å². The molecule has 4 fully saturated rings. The Morgan fingerprint density at radius 1 is 0.966 bits per heavy atom. The Labute approximate surface area is 340 Å². The van der Waals surface area contributed by atoms with Crippen molar-refractivity contribution in [2.24, 2.45) is 5.92 Å². The molecule has 0 aliphatic carbocycles.